The second-order valence-electron chi connectivity index (χ2n) is 6.57. The van der Waals surface area contributed by atoms with E-state index < -0.39 is 56.9 Å². The number of hydrogen-bond acceptors (Lipinski definition) is 7. The zero-order chi connectivity index (χ0) is 29.8. The number of ether oxygens (including phenoxy) is 4. The van der Waals surface area contributed by atoms with Crippen LogP contribution < -0.4 is 10.0 Å². The molecule has 0 aliphatic rings. The van der Waals surface area contributed by atoms with Crippen molar-refractivity contribution in [2.45, 2.75) is 50.8 Å². The predicted molar refractivity (Wildman–Crippen MR) is 96.5 cm³/mol. The van der Waals surface area contributed by atoms with Gasteiger partial charge in [-0.2, -0.15) is 43.9 Å². The van der Waals surface area contributed by atoms with Crippen molar-refractivity contribution in [3.8, 4) is 5.75 Å². The Balaban J connectivity index is 2.95. The normalized spacial score (nSPS) is 14.6. The van der Waals surface area contributed by atoms with Crippen molar-refractivity contribution < 1.29 is 89.6 Å². The van der Waals surface area contributed by atoms with Gasteiger partial charge >= 0.3 is 44.5 Å². The van der Waals surface area contributed by atoms with Crippen molar-refractivity contribution in [1.82, 2.24) is 0 Å². The van der Waals surface area contributed by atoms with Crippen molar-refractivity contribution in [3.63, 3.8) is 0 Å². The van der Waals surface area contributed by atoms with Crippen LogP contribution in [0.1, 0.15) is 13.8 Å². The largest absolute Gasteiger partial charge is 0.527 e. The third-order valence-electron chi connectivity index (χ3n) is 3.61. The van der Waals surface area contributed by atoms with Crippen LogP contribution in [-0.4, -0.2) is 56.7 Å². The third-order valence-corrected chi connectivity index (χ3v) is 5.74. The first-order valence-corrected chi connectivity index (χ1v) is 11.2. The SMILES string of the molecule is CCOP(=O)(OCC)c1ccc(OCC(F)(F)OC(F)(F)C(F)(F)OC(F)(F)C(F)(F)OC(F)(F)F)cc1. The van der Waals surface area contributed by atoms with E-state index in [4.69, 9.17) is 9.05 Å². The van der Waals surface area contributed by atoms with Gasteiger partial charge in [0.1, 0.15) is 5.75 Å². The van der Waals surface area contributed by atoms with Gasteiger partial charge in [0.2, 0.25) is 0 Å². The zero-order valence-electron chi connectivity index (χ0n) is 18.6. The highest BCUT2D eigenvalue weighted by atomic mass is 31.2. The van der Waals surface area contributed by atoms with Crippen LogP contribution in [0.5, 0.6) is 5.75 Å². The van der Waals surface area contributed by atoms with Crippen molar-refractivity contribution in [2.75, 3.05) is 19.8 Å². The number of benzene rings is 1. The molecule has 0 unspecified atom stereocenters. The molecule has 1 rings (SSSR count). The van der Waals surface area contributed by atoms with Crippen LogP contribution >= 0.6 is 7.60 Å². The third kappa shape index (κ3) is 9.11. The van der Waals surface area contributed by atoms with E-state index in [0.29, 0.717) is 0 Å². The summed E-state index contributed by atoms with van der Waals surface area (Å²) in [5, 5.41) is -0.105. The monoisotopic (exact) mass is 610 g/mol. The van der Waals surface area contributed by atoms with Crippen molar-refractivity contribution >= 4 is 12.9 Å². The maximum Gasteiger partial charge on any atom is 0.527 e. The Hall–Kier alpha value is -1.86. The topological polar surface area (TPSA) is 72.5 Å². The quantitative estimate of drug-likeness (QED) is 0.166. The minimum atomic E-state index is -7.13. The Morgan fingerprint density at radius 3 is 1.42 bits per heavy atom. The standard InChI is InChI=1S/C17H16F13O7P/c1-3-33-38(31,34-4-2)11-7-5-10(6-8-11)32-9-12(18,19)35-13(20,21)14(22,23)36-15(24,25)16(26,27)37-17(28,29)30/h5-8H,3-4,9H2,1-2H3. The summed E-state index contributed by atoms with van der Waals surface area (Å²) in [5.74, 6) is -0.599. The van der Waals surface area contributed by atoms with Gasteiger partial charge < -0.3 is 13.8 Å². The minimum absolute atomic E-state index is 0.0689. The van der Waals surface area contributed by atoms with Gasteiger partial charge in [-0.25, -0.2) is 14.2 Å². The maximum absolute atomic E-state index is 13.7. The highest BCUT2D eigenvalue weighted by molar-refractivity contribution is 7.62. The van der Waals surface area contributed by atoms with E-state index in [1.165, 1.54) is 13.8 Å². The molecule has 0 N–H and O–H groups in total. The number of hydrogen-bond donors (Lipinski definition) is 0. The molecule has 0 fully saturated rings. The molecule has 1 aromatic rings. The molecule has 0 saturated carbocycles. The average Bonchev–Trinajstić information content (AvgIpc) is 2.69. The van der Waals surface area contributed by atoms with Crippen LogP contribution in [0.2, 0.25) is 0 Å². The molecule has 0 heterocycles. The van der Waals surface area contributed by atoms with Gasteiger partial charge in [-0.3, -0.25) is 4.57 Å². The molecule has 222 valence electrons. The summed E-state index contributed by atoms with van der Waals surface area (Å²) in [5.41, 5.74) is 0. The lowest BCUT2D eigenvalue weighted by Gasteiger charge is -2.33. The number of alkyl halides is 13. The van der Waals surface area contributed by atoms with Crippen LogP contribution in [0.15, 0.2) is 24.3 Å². The van der Waals surface area contributed by atoms with Gasteiger partial charge in [0, 0.05) is 0 Å². The van der Waals surface area contributed by atoms with E-state index in [-0.39, 0.29) is 18.5 Å². The second-order valence-corrected chi connectivity index (χ2v) is 8.60. The van der Waals surface area contributed by atoms with Gasteiger partial charge in [-0.15, -0.1) is 13.2 Å². The van der Waals surface area contributed by atoms with Crippen molar-refractivity contribution in [2.24, 2.45) is 0 Å². The molecular formula is C17H16F13O7P. The van der Waals surface area contributed by atoms with Crippen molar-refractivity contribution in [3.05, 3.63) is 24.3 Å². The highest BCUT2D eigenvalue weighted by Gasteiger charge is 2.74. The molecular weight excluding hydrogens is 594 g/mol. The first-order chi connectivity index (χ1) is 16.9. The van der Waals surface area contributed by atoms with Crippen LogP contribution in [-0.2, 0) is 27.8 Å². The molecule has 38 heavy (non-hydrogen) atoms. The van der Waals surface area contributed by atoms with Gasteiger partial charge in [0.05, 0.1) is 18.5 Å². The highest BCUT2D eigenvalue weighted by Crippen LogP contribution is 2.49. The minimum Gasteiger partial charge on any atom is -0.484 e. The van der Waals surface area contributed by atoms with Gasteiger partial charge in [-0.1, -0.05) is 0 Å². The molecule has 0 spiro atoms. The first kappa shape index (κ1) is 34.2. The Morgan fingerprint density at radius 2 is 1.03 bits per heavy atom. The van der Waals surface area contributed by atoms with E-state index in [1.807, 2.05) is 0 Å². The second kappa shape index (κ2) is 11.7. The summed E-state index contributed by atoms with van der Waals surface area (Å²) in [6, 6.07) is 3.61. The zero-order valence-corrected chi connectivity index (χ0v) is 19.5. The fourth-order valence-electron chi connectivity index (χ4n) is 2.18. The summed E-state index contributed by atoms with van der Waals surface area (Å²) in [6.07, 6.45) is -40.1. The van der Waals surface area contributed by atoms with Crippen LogP contribution in [0.3, 0.4) is 0 Å². The smallest absolute Gasteiger partial charge is 0.484 e. The molecule has 0 aliphatic heterocycles. The number of rotatable bonds is 15. The number of halogens is 13. The Bertz CT molecular complexity index is 945. The van der Waals surface area contributed by atoms with E-state index in [0.717, 1.165) is 24.3 Å². The molecule has 0 aliphatic carbocycles. The Labute approximate surface area is 204 Å². The molecule has 0 bridgehead atoms. The lowest BCUT2D eigenvalue weighted by Crippen LogP contribution is -2.57. The van der Waals surface area contributed by atoms with Gasteiger partial charge in [-0.05, 0) is 38.1 Å². The summed E-state index contributed by atoms with van der Waals surface area (Å²) in [4.78, 5) is 0. The molecule has 0 amide bonds. The average molecular weight is 610 g/mol. The maximum atomic E-state index is 13.7. The summed E-state index contributed by atoms with van der Waals surface area (Å²) < 4.78 is 201. The molecule has 0 radical (unpaired) electrons. The first-order valence-electron chi connectivity index (χ1n) is 9.61. The van der Waals surface area contributed by atoms with E-state index in [1.54, 1.807) is 9.47 Å². The lowest BCUT2D eigenvalue weighted by molar-refractivity contribution is -0.564. The molecule has 1 aromatic carbocycles. The van der Waals surface area contributed by atoms with Crippen LogP contribution in [0, 0.1) is 0 Å². The summed E-state index contributed by atoms with van der Waals surface area (Å²) >= 11 is 0. The molecule has 21 heteroatoms. The van der Waals surface area contributed by atoms with E-state index in [2.05, 4.69) is 9.47 Å². The van der Waals surface area contributed by atoms with Gasteiger partial charge in [0.25, 0.3) is 0 Å². The van der Waals surface area contributed by atoms with E-state index >= 15 is 0 Å². The Kier molecular flexibility index (Phi) is 10.5. The lowest BCUT2D eigenvalue weighted by atomic mass is 10.3. The fraction of sp³-hybridized carbons (Fsp3) is 0.647. The van der Waals surface area contributed by atoms with Gasteiger partial charge in [0.15, 0.2) is 6.61 Å². The predicted octanol–water partition coefficient (Wildman–Crippen LogP) is 6.49. The summed E-state index contributed by atoms with van der Waals surface area (Å²) in [6.45, 7) is 0.481. The summed E-state index contributed by atoms with van der Waals surface area (Å²) in [7, 11) is -3.84. The molecule has 0 aromatic heterocycles. The van der Waals surface area contributed by atoms with Crippen LogP contribution in [0.4, 0.5) is 57.1 Å². The van der Waals surface area contributed by atoms with E-state index in [9.17, 15) is 61.6 Å². The van der Waals surface area contributed by atoms with Crippen LogP contribution in [0.25, 0.3) is 0 Å². The van der Waals surface area contributed by atoms with Crippen molar-refractivity contribution in [1.29, 1.82) is 0 Å². The fourth-order valence-corrected chi connectivity index (χ4v) is 3.75. The molecule has 7 nitrogen and oxygen atoms in total. The molecule has 0 saturated heterocycles. The molecule has 0 atom stereocenters. The Morgan fingerprint density at radius 1 is 0.632 bits per heavy atom.